The minimum atomic E-state index is -1.22. The number of hydrogen-bond acceptors (Lipinski definition) is 8. The van der Waals surface area contributed by atoms with Crippen LogP contribution < -0.4 is 16.8 Å². The number of benzene rings is 1. The number of halogens is 1. The first-order chi connectivity index (χ1) is 16.2. The Kier molecular flexibility index (Phi) is 7.68. The lowest BCUT2D eigenvalue weighted by molar-refractivity contribution is 0.194. The van der Waals surface area contributed by atoms with Crippen molar-refractivity contribution < 1.29 is 18.5 Å². The Morgan fingerprint density at radius 3 is 2.41 bits per heavy atom. The van der Waals surface area contributed by atoms with Crippen LogP contribution in [0.2, 0.25) is 0 Å². The van der Waals surface area contributed by atoms with E-state index in [9.17, 15) is 13.4 Å². The Morgan fingerprint density at radius 2 is 1.79 bits per heavy atom. The fourth-order valence-electron chi connectivity index (χ4n) is 3.04. The van der Waals surface area contributed by atoms with E-state index in [0.29, 0.717) is 22.3 Å². The third-order valence-corrected chi connectivity index (χ3v) is 4.48. The van der Waals surface area contributed by atoms with Gasteiger partial charge >= 0.3 is 6.09 Å². The minimum absolute atomic E-state index is 0.0342. The van der Waals surface area contributed by atoms with Crippen LogP contribution in [-0.2, 0) is 23.9 Å². The third-order valence-electron chi connectivity index (χ3n) is 4.48. The molecule has 13 heteroatoms. The van der Waals surface area contributed by atoms with E-state index in [1.807, 2.05) is 0 Å². The summed E-state index contributed by atoms with van der Waals surface area (Å²) in [6, 6.07) is 9.93. The van der Waals surface area contributed by atoms with Crippen molar-refractivity contribution in [3.63, 3.8) is 0 Å². The molecular weight excluding hydrogens is 463 g/mol. The van der Waals surface area contributed by atoms with Crippen molar-refractivity contribution in [1.29, 1.82) is 0 Å². The number of carbonyl (C=O) groups is 1. The highest BCUT2D eigenvalue weighted by Crippen LogP contribution is 2.28. The average Bonchev–Trinajstić information content (AvgIpc) is 3.13. The molecule has 34 heavy (non-hydrogen) atoms. The summed E-state index contributed by atoms with van der Waals surface area (Å²) in [7, 11) is -0.611. The van der Waals surface area contributed by atoms with Crippen molar-refractivity contribution in [1.82, 2.24) is 30.0 Å². The molecule has 4 aromatic rings. The largest absolute Gasteiger partial charge is 0.465 e. The van der Waals surface area contributed by atoms with E-state index >= 15 is 0 Å². The fraction of sp³-hybridized carbons (Fsp3) is 0.190. The number of aromatic nitrogens is 5. The van der Waals surface area contributed by atoms with Gasteiger partial charge in [0.05, 0.1) is 24.0 Å². The number of rotatable bonds is 5. The van der Waals surface area contributed by atoms with E-state index in [1.165, 1.54) is 6.07 Å². The monoisotopic (exact) mass is 486 g/mol. The highest BCUT2D eigenvalue weighted by atomic mass is 32.2. The molecule has 0 aliphatic heterocycles. The molecule has 0 spiro atoms. The molecule has 0 bridgehead atoms. The highest BCUT2D eigenvalue weighted by Gasteiger charge is 2.19. The summed E-state index contributed by atoms with van der Waals surface area (Å²) in [5.74, 6) is -0.119. The second-order valence-electron chi connectivity index (χ2n) is 7.17. The topological polar surface area (TPSA) is 175 Å². The second-order valence-corrected chi connectivity index (χ2v) is 8.65. The zero-order valence-electron chi connectivity index (χ0n) is 18.4. The van der Waals surface area contributed by atoms with Crippen LogP contribution >= 0.6 is 0 Å². The van der Waals surface area contributed by atoms with Gasteiger partial charge in [0.1, 0.15) is 23.1 Å². The third kappa shape index (κ3) is 5.81. The average molecular weight is 487 g/mol. The molecule has 0 aliphatic rings. The minimum Gasteiger partial charge on any atom is -0.465 e. The quantitative estimate of drug-likeness (QED) is 0.329. The van der Waals surface area contributed by atoms with Crippen LogP contribution in [0.3, 0.4) is 0 Å². The normalized spacial score (nSPS) is 10.7. The Bertz CT molecular complexity index is 1330. The smallest absolute Gasteiger partial charge is 0.404 e. The van der Waals surface area contributed by atoms with Gasteiger partial charge in [0.25, 0.3) is 0 Å². The van der Waals surface area contributed by atoms with Gasteiger partial charge in [-0.3, -0.25) is 4.21 Å². The molecule has 0 radical (unpaired) electrons. The molecule has 0 fully saturated rings. The second kappa shape index (κ2) is 10.7. The van der Waals surface area contributed by atoms with Gasteiger partial charge in [-0.2, -0.15) is 5.10 Å². The van der Waals surface area contributed by atoms with E-state index in [1.54, 1.807) is 53.7 Å². The molecule has 3 heterocycles. The van der Waals surface area contributed by atoms with Gasteiger partial charge in [-0.05, 0) is 18.2 Å². The van der Waals surface area contributed by atoms with Crippen molar-refractivity contribution in [2.24, 2.45) is 0 Å². The molecule has 11 nitrogen and oxygen atoms in total. The molecule has 178 valence electrons. The molecule has 6 N–H and O–H groups in total. The van der Waals surface area contributed by atoms with E-state index in [0.717, 1.165) is 0 Å². The Labute approximate surface area is 196 Å². The van der Waals surface area contributed by atoms with Gasteiger partial charge < -0.3 is 21.9 Å². The lowest BCUT2D eigenvalue weighted by atomic mass is 10.2. The maximum Gasteiger partial charge on any atom is 0.404 e. The lowest BCUT2D eigenvalue weighted by Crippen LogP contribution is -2.22. The van der Waals surface area contributed by atoms with Crippen molar-refractivity contribution in [2.45, 2.75) is 13.1 Å². The molecule has 1 aromatic carbocycles. The Hall–Kier alpha value is -4.13. The summed E-state index contributed by atoms with van der Waals surface area (Å²) in [5.41, 5.74) is 13.6. The summed E-state index contributed by atoms with van der Waals surface area (Å²) in [5, 5.41) is 16.1. The van der Waals surface area contributed by atoms with Gasteiger partial charge in [-0.25, -0.2) is 28.8 Å². The molecule has 4 rings (SSSR count). The van der Waals surface area contributed by atoms with Gasteiger partial charge in [0.15, 0.2) is 11.5 Å². The van der Waals surface area contributed by atoms with Gasteiger partial charge in [-0.15, -0.1) is 0 Å². The summed E-state index contributed by atoms with van der Waals surface area (Å²) in [4.78, 5) is 23.6. The summed E-state index contributed by atoms with van der Waals surface area (Å²) in [6.07, 6.45) is 3.66. The number of pyridine rings is 1. The van der Waals surface area contributed by atoms with Gasteiger partial charge in [0, 0.05) is 35.1 Å². The lowest BCUT2D eigenvalue weighted by Gasteiger charge is -2.09. The number of nitrogens with two attached hydrogens (primary N) is 2. The maximum atomic E-state index is 14.1. The zero-order chi connectivity index (χ0) is 24.8. The maximum absolute atomic E-state index is 14.1. The molecule has 0 saturated heterocycles. The predicted octanol–water partition coefficient (Wildman–Crippen LogP) is 2.00. The number of carboxylic acid groups (broad SMARTS) is 1. The van der Waals surface area contributed by atoms with Crippen molar-refractivity contribution in [3.05, 3.63) is 59.5 Å². The Balaban J connectivity index is 0.000000751. The molecule has 0 aliphatic carbocycles. The zero-order valence-corrected chi connectivity index (χ0v) is 19.2. The number of anilines is 2. The number of hydrogen-bond donors (Lipinski definition) is 4. The Morgan fingerprint density at radius 1 is 1.15 bits per heavy atom. The van der Waals surface area contributed by atoms with Gasteiger partial charge in [0.2, 0.25) is 0 Å². The van der Waals surface area contributed by atoms with Gasteiger partial charge in [-0.1, -0.05) is 18.2 Å². The summed E-state index contributed by atoms with van der Waals surface area (Å²) >= 11 is 0. The number of fused-ring (bicyclic) bond motifs is 1. The van der Waals surface area contributed by atoms with E-state index < -0.39 is 16.9 Å². The molecule has 0 saturated carbocycles. The number of amides is 1. The van der Waals surface area contributed by atoms with Crippen molar-refractivity contribution in [3.8, 4) is 11.5 Å². The molecule has 1 amide bonds. The van der Waals surface area contributed by atoms with Crippen LogP contribution in [0.5, 0.6) is 0 Å². The standard InChI is InChI=1S/C19H17FN8O2.C2H6OS/c20-13-6-2-1-4-10(13)9-28-18-11(5-3-7-23-18)14(27-28)17-25-15(21)12(16(22)26-17)8-24-19(29)30;1-4(2)3/h1-7,24H,8-9H2,(H,29,30)(H4,21,22,25,26);1-2H3. The van der Waals surface area contributed by atoms with Crippen LogP contribution in [0.15, 0.2) is 42.6 Å². The number of nitrogens with zero attached hydrogens (tertiary/aromatic N) is 5. The van der Waals surface area contributed by atoms with Crippen LogP contribution in [-0.4, -0.2) is 52.7 Å². The first-order valence-electron chi connectivity index (χ1n) is 9.86. The fourth-order valence-corrected chi connectivity index (χ4v) is 3.04. The van der Waals surface area contributed by atoms with Crippen LogP contribution in [0.25, 0.3) is 22.6 Å². The van der Waals surface area contributed by atoms with Crippen molar-refractivity contribution in [2.75, 3.05) is 24.0 Å². The van der Waals surface area contributed by atoms with Crippen molar-refractivity contribution >= 4 is 39.6 Å². The van der Waals surface area contributed by atoms with Crippen LogP contribution in [0.4, 0.5) is 20.8 Å². The highest BCUT2D eigenvalue weighted by molar-refractivity contribution is 7.83. The number of nitrogens with one attached hydrogen (secondary N) is 1. The summed E-state index contributed by atoms with van der Waals surface area (Å²) in [6.45, 7) is 0.0308. The molecular formula is C21H23FN8O3S. The summed E-state index contributed by atoms with van der Waals surface area (Å²) < 4.78 is 25.2. The van der Waals surface area contributed by atoms with Crippen LogP contribution in [0, 0.1) is 5.82 Å². The predicted molar refractivity (Wildman–Crippen MR) is 128 cm³/mol. The molecule has 3 aromatic heterocycles. The first kappa shape index (κ1) is 24.5. The molecule has 0 unspecified atom stereocenters. The van der Waals surface area contributed by atoms with Crippen LogP contribution in [0.1, 0.15) is 11.1 Å². The number of nitrogen functional groups attached to an aromatic ring is 2. The first-order valence-corrected chi connectivity index (χ1v) is 11.8. The van der Waals surface area contributed by atoms with E-state index in [4.69, 9.17) is 16.6 Å². The molecule has 0 atom stereocenters. The SMILES string of the molecule is CS(C)=O.Nc1nc(-c2nn(Cc3ccccc3F)c3ncccc23)nc(N)c1CNC(=O)O. The van der Waals surface area contributed by atoms with E-state index in [-0.39, 0.29) is 41.9 Å². The van der Waals surface area contributed by atoms with E-state index in [2.05, 4.69) is 25.4 Å².